The highest BCUT2D eigenvalue weighted by molar-refractivity contribution is 7.90. The first-order chi connectivity index (χ1) is 12.0. The number of nitrogens with zero attached hydrogens (tertiary/aromatic N) is 2. The molecule has 1 aromatic carbocycles. The lowest BCUT2D eigenvalue weighted by molar-refractivity contribution is 0.0658. The van der Waals surface area contributed by atoms with Gasteiger partial charge in [0.05, 0.1) is 7.11 Å². The van der Waals surface area contributed by atoms with Crippen LogP contribution in [0.15, 0.2) is 48.7 Å². The number of nitrogens with one attached hydrogen (secondary N) is 1. The largest absolute Gasteiger partial charge is 0.481 e. The summed E-state index contributed by atoms with van der Waals surface area (Å²) in [5.41, 5.74) is 1.32. The smallest absolute Gasteiger partial charge is 0.253 e. The fourth-order valence-electron chi connectivity index (χ4n) is 2.54. The summed E-state index contributed by atoms with van der Waals surface area (Å²) in [6.45, 7) is 0.551. The Bertz CT molecular complexity index is 849. The summed E-state index contributed by atoms with van der Waals surface area (Å²) in [6.07, 6.45) is 1.56. The van der Waals surface area contributed by atoms with E-state index in [1.54, 1.807) is 42.6 Å². The van der Waals surface area contributed by atoms with Crippen molar-refractivity contribution in [1.29, 1.82) is 0 Å². The molecule has 0 aliphatic carbocycles. The van der Waals surface area contributed by atoms with Crippen LogP contribution in [0.2, 0.25) is 0 Å². The van der Waals surface area contributed by atoms with Gasteiger partial charge in [-0.25, -0.2) is 18.1 Å². The number of sulfonamides is 1. The minimum absolute atomic E-state index is 0.147. The van der Waals surface area contributed by atoms with E-state index in [4.69, 9.17) is 4.74 Å². The normalized spacial score (nSPS) is 14.8. The maximum Gasteiger partial charge on any atom is 0.253 e. The van der Waals surface area contributed by atoms with Crippen LogP contribution in [0, 0.1) is 0 Å². The third-order valence-electron chi connectivity index (χ3n) is 4.08. The molecule has 7 nitrogen and oxygen atoms in total. The summed E-state index contributed by atoms with van der Waals surface area (Å²) in [6, 6.07) is 12.2. The second kappa shape index (κ2) is 7.20. The topological polar surface area (TPSA) is 88.6 Å². The summed E-state index contributed by atoms with van der Waals surface area (Å²) in [7, 11) is -1.99. The molecule has 132 valence electrons. The van der Waals surface area contributed by atoms with E-state index in [0.717, 1.165) is 5.56 Å². The summed E-state index contributed by atoms with van der Waals surface area (Å²) >= 11 is 0. The molecule has 0 bridgehead atoms. The Morgan fingerprint density at radius 2 is 2.00 bits per heavy atom. The first kappa shape index (κ1) is 17.4. The number of carbonyl (C=O) groups is 1. The van der Waals surface area contributed by atoms with Crippen molar-refractivity contribution in [3.05, 3.63) is 59.8 Å². The van der Waals surface area contributed by atoms with Crippen molar-refractivity contribution in [2.45, 2.75) is 11.8 Å². The summed E-state index contributed by atoms with van der Waals surface area (Å²) in [5.74, 6) is 0.283. The average Bonchev–Trinajstić information content (AvgIpc) is 2.59. The van der Waals surface area contributed by atoms with Crippen LogP contribution in [0.5, 0.6) is 5.88 Å². The van der Waals surface area contributed by atoms with Gasteiger partial charge in [-0.2, -0.15) is 0 Å². The molecule has 8 heteroatoms. The van der Waals surface area contributed by atoms with Crippen molar-refractivity contribution in [1.82, 2.24) is 14.6 Å². The van der Waals surface area contributed by atoms with Gasteiger partial charge in [0.15, 0.2) is 0 Å². The van der Waals surface area contributed by atoms with Crippen molar-refractivity contribution >= 4 is 15.9 Å². The van der Waals surface area contributed by atoms with E-state index in [1.165, 1.54) is 12.0 Å². The van der Waals surface area contributed by atoms with Gasteiger partial charge in [-0.05, 0) is 23.8 Å². The van der Waals surface area contributed by atoms with E-state index in [2.05, 4.69) is 9.71 Å². The number of pyridine rings is 1. The molecule has 0 spiro atoms. The zero-order chi connectivity index (χ0) is 17.9. The molecular formula is C17H19N3O4S. The van der Waals surface area contributed by atoms with Crippen LogP contribution < -0.4 is 9.46 Å². The number of methoxy groups -OCH3 is 1. The van der Waals surface area contributed by atoms with E-state index in [9.17, 15) is 13.2 Å². The van der Waals surface area contributed by atoms with Crippen molar-refractivity contribution in [3.63, 3.8) is 0 Å². The maximum atomic E-state index is 12.3. The van der Waals surface area contributed by atoms with Crippen molar-refractivity contribution in [2.75, 3.05) is 20.2 Å². The molecule has 0 saturated carbocycles. The maximum absolute atomic E-state index is 12.3. The fourth-order valence-corrected chi connectivity index (χ4v) is 3.89. The second-order valence-electron chi connectivity index (χ2n) is 5.77. The van der Waals surface area contributed by atoms with Gasteiger partial charge in [-0.15, -0.1) is 0 Å². The van der Waals surface area contributed by atoms with E-state index in [1.807, 2.05) is 6.07 Å². The number of benzene rings is 1. The third-order valence-corrected chi connectivity index (χ3v) is 5.80. The third kappa shape index (κ3) is 3.97. The molecule has 1 saturated heterocycles. The highest BCUT2D eigenvalue weighted by Crippen LogP contribution is 2.19. The first-order valence-electron chi connectivity index (χ1n) is 7.81. The summed E-state index contributed by atoms with van der Waals surface area (Å²) in [4.78, 5) is 17.8. The lowest BCUT2D eigenvalue weighted by Crippen LogP contribution is -2.59. The second-order valence-corrected chi connectivity index (χ2v) is 7.82. The zero-order valence-electron chi connectivity index (χ0n) is 13.8. The highest BCUT2D eigenvalue weighted by Gasteiger charge is 2.39. The van der Waals surface area contributed by atoms with Crippen molar-refractivity contribution in [3.8, 4) is 5.88 Å². The molecule has 25 heavy (non-hydrogen) atoms. The van der Waals surface area contributed by atoms with E-state index < -0.39 is 15.3 Å². The number of ether oxygens (including phenoxy) is 1. The van der Waals surface area contributed by atoms with Gasteiger partial charge in [-0.1, -0.05) is 18.2 Å². The lowest BCUT2D eigenvalue weighted by Gasteiger charge is -2.38. The van der Waals surface area contributed by atoms with Crippen LogP contribution in [0.3, 0.4) is 0 Å². The van der Waals surface area contributed by atoms with Crippen LogP contribution in [0.4, 0.5) is 0 Å². The molecule has 0 unspecified atom stereocenters. The van der Waals surface area contributed by atoms with Gasteiger partial charge < -0.3 is 9.64 Å². The van der Waals surface area contributed by atoms with Crippen LogP contribution in [0.25, 0.3) is 0 Å². The van der Waals surface area contributed by atoms with Crippen LogP contribution in [0.1, 0.15) is 15.9 Å². The number of likely N-dealkylation sites (tertiary alicyclic amines) is 1. The first-order valence-corrected chi connectivity index (χ1v) is 9.36. The summed E-state index contributed by atoms with van der Waals surface area (Å²) < 4.78 is 32.3. The van der Waals surface area contributed by atoms with Gasteiger partial charge in [-0.3, -0.25) is 4.79 Å². The molecule has 1 aliphatic rings. The average molecular weight is 361 g/mol. The van der Waals surface area contributed by atoms with E-state index in [-0.39, 0.29) is 25.5 Å². The quantitative estimate of drug-likeness (QED) is 0.830. The molecule has 2 aromatic rings. The molecule has 1 aliphatic heterocycles. The standard InChI is InChI=1S/C17H19N3O4S/c1-24-16-9-13(7-8-18-16)10-19-25(22,23)15-11-20(12-15)17(21)14-5-3-2-4-6-14/h2-9,15,19H,10-12H2,1H3. The van der Waals surface area contributed by atoms with Crippen LogP contribution >= 0.6 is 0 Å². The predicted octanol–water partition coefficient (Wildman–Crippen LogP) is 1.03. The number of carbonyl (C=O) groups excluding carboxylic acids is 1. The van der Waals surface area contributed by atoms with E-state index in [0.29, 0.717) is 11.4 Å². The van der Waals surface area contributed by atoms with Gasteiger partial charge in [0, 0.05) is 37.5 Å². The number of aromatic nitrogens is 1. The Morgan fingerprint density at radius 1 is 1.28 bits per heavy atom. The minimum atomic E-state index is -3.50. The molecule has 0 atom stereocenters. The van der Waals surface area contributed by atoms with Crippen molar-refractivity contribution < 1.29 is 17.9 Å². The summed E-state index contributed by atoms with van der Waals surface area (Å²) in [5, 5.41) is -0.594. The van der Waals surface area contributed by atoms with Crippen LogP contribution in [-0.2, 0) is 16.6 Å². The van der Waals surface area contributed by atoms with Gasteiger partial charge in [0.25, 0.3) is 5.91 Å². The van der Waals surface area contributed by atoms with Crippen LogP contribution in [-0.4, -0.2) is 49.7 Å². The minimum Gasteiger partial charge on any atom is -0.481 e. The Morgan fingerprint density at radius 3 is 2.68 bits per heavy atom. The number of hydrogen-bond acceptors (Lipinski definition) is 5. The number of rotatable bonds is 6. The SMILES string of the molecule is COc1cc(CNS(=O)(=O)C2CN(C(=O)c3ccccc3)C2)ccn1. The van der Waals surface area contributed by atoms with Gasteiger partial charge in [0.1, 0.15) is 5.25 Å². The Hall–Kier alpha value is -2.45. The molecule has 0 radical (unpaired) electrons. The number of hydrogen-bond donors (Lipinski definition) is 1. The predicted molar refractivity (Wildman–Crippen MR) is 92.7 cm³/mol. The molecule has 1 aromatic heterocycles. The van der Waals surface area contributed by atoms with Gasteiger partial charge >= 0.3 is 0 Å². The molecule has 3 rings (SSSR count). The molecular weight excluding hydrogens is 342 g/mol. The molecule has 2 heterocycles. The zero-order valence-corrected chi connectivity index (χ0v) is 14.6. The Kier molecular flexibility index (Phi) is 5.00. The number of amides is 1. The van der Waals surface area contributed by atoms with Gasteiger partial charge in [0.2, 0.25) is 15.9 Å². The Balaban J connectivity index is 1.55. The monoisotopic (exact) mass is 361 g/mol. The van der Waals surface area contributed by atoms with Crippen molar-refractivity contribution in [2.24, 2.45) is 0 Å². The molecule has 1 amide bonds. The molecule has 1 fully saturated rings. The fraction of sp³-hybridized carbons (Fsp3) is 0.294. The molecule has 1 N–H and O–H groups in total. The Labute approximate surface area is 146 Å². The lowest BCUT2D eigenvalue weighted by atomic mass is 10.1. The van der Waals surface area contributed by atoms with E-state index >= 15 is 0 Å². The highest BCUT2D eigenvalue weighted by atomic mass is 32.2.